The van der Waals surface area contributed by atoms with Crippen LogP contribution in [0.3, 0.4) is 0 Å². The van der Waals surface area contributed by atoms with Crippen LogP contribution in [0.2, 0.25) is 5.02 Å². The third-order valence-corrected chi connectivity index (χ3v) is 2.94. The van der Waals surface area contributed by atoms with E-state index in [-0.39, 0.29) is 24.4 Å². The highest BCUT2D eigenvalue weighted by molar-refractivity contribution is 6.34. The van der Waals surface area contributed by atoms with Crippen LogP contribution in [0.25, 0.3) is 0 Å². The minimum atomic E-state index is -0.105. The molecule has 100 valence electrons. The lowest BCUT2D eigenvalue weighted by Gasteiger charge is -2.28. The number of benzene rings is 1. The fourth-order valence-corrected chi connectivity index (χ4v) is 1.77. The minimum absolute atomic E-state index is 0. The molecule has 1 N–H and O–H groups in total. The first kappa shape index (κ1) is 15.1. The SMILES string of the molecule is CN(C)C(=O)c1ccc(OC2CNC2)cc1Cl.Cl. The number of carbonyl (C=O) groups is 1. The van der Waals surface area contributed by atoms with Crippen LogP contribution in [-0.4, -0.2) is 44.1 Å². The molecule has 1 aliphatic heterocycles. The number of hydrogen-bond donors (Lipinski definition) is 1. The van der Waals surface area contributed by atoms with E-state index in [1.807, 2.05) is 0 Å². The minimum Gasteiger partial charge on any atom is -0.488 e. The summed E-state index contributed by atoms with van der Waals surface area (Å²) in [6, 6.07) is 5.17. The fourth-order valence-electron chi connectivity index (χ4n) is 1.52. The second-order valence-electron chi connectivity index (χ2n) is 4.24. The quantitative estimate of drug-likeness (QED) is 0.923. The molecule has 2 rings (SSSR count). The molecule has 1 fully saturated rings. The van der Waals surface area contributed by atoms with Crippen LogP contribution in [0.5, 0.6) is 5.75 Å². The van der Waals surface area contributed by atoms with E-state index in [0.717, 1.165) is 13.1 Å². The van der Waals surface area contributed by atoms with Crippen LogP contribution in [0.1, 0.15) is 10.4 Å². The highest BCUT2D eigenvalue weighted by Crippen LogP contribution is 2.24. The summed E-state index contributed by atoms with van der Waals surface area (Å²) in [5.74, 6) is 0.601. The lowest BCUT2D eigenvalue weighted by atomic mass is 10.2. The summed E-state index contributed by atoms with van der Waals surface area (Å²) < 4.78 is 5.65. The maximum atomic E-state index is 11.8. The molecule has 0 atom stereocenters. The first-order chi connectivity index (χ1) is 8.08. The van der Waals surface area contributed by atoms with Gasteiger partial charge in [0.25, 0.3) is 5.91 Å². The Morgan fingerprint density at radius 2 is 2.11 bits per heavy atom. The summed E-state index contributed by atoms with van der Waals surface area (Å²) >= 11 is 6.07. The van der Waals surface area contributed by atoms with Gasteiger partial charge in [0.05, 0.1) is 10.6 Å². The molecule has 0 unspecified atom stereocenters. The normalized spacial score (nSPS) is 14.4. The molecule has 1 aliphatic rings. The van der Waals surface area contributed by atoms with Crippen LogP contribution in [0.15, 0.2) is 18.2 Å². The van der Waals surface area contributed by atoms with Gasteiger partial charge in [0, 0.05) is 27.2 Å². The number of ether oxygens (including phenoxy) is 1. The van der Waals surface area contributed by atoms with E-state index in [2.05, 4.69) is 5.32 Å². The number of halogens is 2. The van der Waals surface area contributed by atoms with Gasteiger partial charge >= 0.3 is 0 Å². The molecular weight excluding hydrogens is 275 g/mol. The Kier molecular flexibility index (Phi) is 5.26. The Balaban J connectivity index is 0.00000162. The molecule has 0 bridgehead atoms. The zero-order valence-corrected chi connectivity index (χ0v) is 11.8. The molecule has 0 aromatic heterocycles. The average Bonchev–Trinajstić information content (AvgIpc) is 2.22. The van der Waals surface area contributed by atoms with E-state index >= 15 is 0 Å². The Bertz CT molecular complexity index is 434. The predicted molar refractivity (Wildman–Crippen MR) is 74.0 cm³/mol. The maximum Gasteiger partial charge on any atom is 0.254 e. The number of rotatable bonds is 3. The largest absolute Gasteiger partial charge is 0.488 e. The van der Waals surface area contributed by atoms with Gasteiger partial charge in [0.15, 0.2) is 0 Å². The molecule has 1 saturated heterocycles. The van der Waals surface area contributed by atoms with Crippen LogP contribution in [-0.2, 0) is 0 Å². The number of nitrogens with zero attached hydrogens (tertiary/aromatic N) is 1. The van der Waals surface area contributed by atoms with Crippen molar-refractivity contribution in [2.24, 2.45) is 0 Å². The molecule has 1 heterocycles. The summed E-state index contributed by atoms with van der Waals surface area (Å²) in [5, 5.41) is 3.55. The van der Waals surface area contributed by atoms with E-state index in [1.54, 1.807) is 32.3 Å². The molecule has 4 nitrogen and oxygen atoms in total. The summed E-state index contributed by atoms with van der Waals surface area (Å²) in [5.41, 5.74) is 0.496. The van der Waals surface area contributed by atoms with Crippen molar-refractivity contribution in [2.75, 3.05) is 27.2 Å². The third-order valence-electron chi connectivity index (χ3n) is 2.62. The smallest absolute Gasteiger partial charge is 0.254 e. The standard InChI is InChI=1S/C12H15ClN2O2.ClH/c1-15(2)12(16)10-4-3-8(5-11(10)13)17-9-6-14-7-9;/h3-5,9,14H,6-7H2,1-2H3;1H. The van der Waals surface area contributed by atoms with Gasteiger partial charge in [-0.1, -0.05) is 11.6 Å². The van der Waals surface area contributed by atoms with Gasteiger partial charge in [-0.2, -0.15) is 0 Å². The predicted octanol–water partition coefficient (Wildman–Crippen LogP) is 1.81. The van der Waals surface area contributed by atoms with E-state index in [0.29, 0.717) is 16.3 Å². The topological polar surface area (TPSA) is 41.6 Å². The van der Waals surface area contributed by atoms with Gasteiger partial charge < -0.3 is 15.0 Å². The lowest BCUT2D eigenvalue weighted by Crippen LogP contribution is -2.50. The molecule has 1 aromatic rings. The fraction of sp³-hybridized carbons (Fsp3) is 0.417. The maximum absolute atomic E-state index is 11.8. The molecule has 18 heavy (non-hydrogen) atoms. The summed E-state index contributed by atoms with van der Waals surface area (Å²) in [7, 11) is 3.40. The van der Waals surface area contributed by atoms with Gasteiger partial charge in [-0.05, 0) is 18.2 Å². The lowest BCUT2D eigenvalue weighted by molar-refractivity contribution is 0.0827. The van der Waals surface area contributed by atoms with Crippen molar-refractivity contribution in [2.45, 2.75) is 6.10 Å². The van der Waals surface area contributed by atoms with Crippen molar-refractivity contribution in [3.05, 3.63) is 28.8 Å². The molecule has 0 spiro atoms. The monoisotopic (exact) mass is 290 g/mol. The van der Waals surface area contributed by atoms with Gasteiger partial charge in [0.2, 0.25) is 0 Å². The summed E-state index contributed by atoms with van der Waals surface area (Å²) in [4.78, 5) is 13.3. The second-order valence-corrected chi connectivity index (χ2v) is 4.65. The van der Waals surface area contributed by atoms with E-state index in [1.165, 1.54) is 4.90 Å². The van der Waals surface area contributed by atoms with E-state index < -0.39 is 0 Å². The van der Waals surface area contributed by atoms with E-state index in [4.69, 9.17) is 16.3 Å². The van der Waals surface area contributed by atoms with Crippen molar-refractivity contribution < 1.29 is 9.53 Å². The van der Waals surface area contributed by atoms with Crippen LogP contribution < -0.4 is 10.1 Å². The number of hydrogen-bond acceptors (Lipinski definition) is 3. The van der Waals surface area contributed by atoms with Gasteiger partial charge in [-0.25, -0.2) is 0 Å². The molecule has 0 radical (unpaired) electrons. The zero-order valence-electron chi connectivity index (χ0n) is 10.3. The molecule has 0 aliphatic carbocycles. The first-order valence-corrected chi connectivity index (χ1v) is 5.84. The van der Waals surface area contributed by atoms with Gasteiger partial charge in [0.1, 0.15) is 11.9 Å². The van der Waals surface area contributed by atoms with Crippen molar-refractivity contribution >= 4 is 29.9 Å². The first-order valence-electron chi connectivity index (χ1n) is 5.46. The Morgan fingerprint density at radius 1 is 1.44 bits per heavy atom. The summed E-state index contributed by atoms with van der Waals surface area (Å²) in [6.45, 7) is 1.71. The molecule has 1 aromatic carbocycles. The third kappa shape index (κ3) is 3.28. The van der Waals surface area contributed by atoms with Crippen LogP contribution in [0, 0.1) is 0 Å². The van der Waals surface area contributed by atoms with Crippen LogP contribution >= 0.6 is 24.0 Å². The highest BCUT2D eigenvalue weighted by Gasteiger charge is 2.19. The average molecular weight is 291 g/mol. The number of amides is 1. The Hall–Kier alpha value is -0.970. The molecule has 1 amide bonds. The van der Waals surface area contributed by atoms with Crippen LogP contribution in [0.4, 0.5) is 0 Å². The summed E-state index contributed by atoms with van der Waals surface area (Å²) in [6.07, 6.45) is 0.210. The van der Waals surface area contributed by atoms with Crippen molar-refractivity contribution in [1.29, 1.82) is 0 Å². The molecule has 0 saturated carbocycles. The zero-order chi connectivity index (χ0) is 12.4. The Labute approximate surface area is 118 Å². The van der Waals surface area contributed by atoms with Crippen molar-refractivity contribution in [3.63, 3.8) is 0 Å². The van der Waals surface area contributed by atoms with E-state index in [9.17, 15) is 4.79 Å². The van der Waals surface area contributed by atoms with Crippen molar-refractivity contribution in [1.82, 2.24) is 10.2 Å². The van der Waals surface area contributed by atoms with Crippen molar-refractivity contribution in [3.8, 4) is 5.75 Å². The second kappa shape index (κ2) is 6.27. The van der Waals surface area contributed by atoms with Gasteiger partial charge in [-0.3, -0.25) is 4.79 Å². The van der Waals surface area contributed by atoms with Gasteiger partial charge in [-0.15, -0.1) is 12.4 Å². The molecular formula is C12H16Cl2N2O2. The number of carbonyl (C=O) groups excluding carboxylic acids is 1. The molecule has 6 heteroatoms. The number of nitrogens with one attached hydrogen (secondary N) is 1. The highest BCUT2D eigenvalue weighted by atomic mass is 35.5. The Morgan fingerprint density at radius 3 is 2.56 bits per heavy atom.